The van der Waals surface area contributed by atoms with E-state index < -0.39 is 80.9 Å². The highest BCUT2D eigenvalue weighted by Crippen LogP contribution is 2.68. The SMILES string of the molecule is Cn1nc(NS(C)(=O)=O)c2c(Cl)ccc(-c3ccc(-c4ncccn4)nc3[C@@H](CNC(=O)Cn3nc(C(F)(F)F)c4c3C(F)(F)[C@@H]3C[C@H]43)Cc3cc(F)cc(F)c3)c21. The first kappa shape index (κ1) is 39.2. The number of pyridine rings is 1. The highest BCUT2D eigenvalue weighted by atomic mass is 35.5. The van der Waals surface area contributed by atoms with Crippen molar-refractivity contribution >= 4 is 44.3 Å². The summed E-state index contributed by atoms with van der Waals surface area (Å²) in [6.07, 6.45) is -1.46. The molecule has 3 atom stereocenters. The molecular formula is C37H29ClF7N9O3S. The molecule has 2 N–H and O–H groups in total. The van der Waals surface area contributed by atoms with Crippen LogP contribution < -0.4 is 10.0 Å². The molecule has 0 bridgehead atoms. The van der Waals surface area contributed by atoms with E-state index in [1.807, 2.05) is 0 Å². The third-order valence-electron chi connectivity index (χ3n) is 10.1. The molecule has 2 aliphatic carbocycles. The largest absolute Gasteiger partial charge is 0.435 e. The molecule has 6 aromatic rings. The Morgan fingerprint density at radius 1 is 1.03 bits per heavy atom. The molecule has 0 unspecified atom stereocenters. The highest BCUT2D eigenvalue weighted by molar-refractivity contribution is 7.92. The number of fused-ring (bicyclic) bond motifs is 4. The number of aryl methyl sites for hydroxylation is 1. The lowest BCUT2D eigenvalue weighted by molar-refractivity contribution is -0.142. The van der Waals surface area contributed by atoms with Gasteiger partial charge in [0.15, 0.2) is 17.3 Å². The number of hydrogen-bond acceptors (Lipinski definition) is 8. The Hall–Kier alpha value is -5.63. The van der Waals surface area contributed by atoms with Gasteiger partial charge in [0.2, 0.25) is 15.9 Å². The zero-order valence-electron chi connectivity index (χ0n) is 30.1. The number of amides is 1. The van der Waals surface area contributed by atoms with Gasteiger partial charge >= 0.3 is 6.18 Å². The van der Waals surface area contributed by atoms with Crippen LogP contribution >= 0.6 is 11.6 Å². The molecule has 0 aliphatic heterocycles. The van der Waals surface area contributed by atoms with E-state index in [2.05, 4.69) is 30.2 Å². The molecule has 12 nitrogen and oxygen atoms in total. The number of hydrogen-bond donors (Lipinski definition) is 2. The average molecular weight is 848 g/mol. The monoisotopic (exact) mass is 847 g/mol. The van der Waals surface area contributed by atoms with Gasteiger partial charge in [-0.2, -0.15) is 32.1 Å². The number of anilines is 1. The molecule has 1 amide bonds. The first-order chi connectivity index (χ1) is 27.3. The van der Waals surface area contributed by atoms with Gasteiger partial charge in [-0.3, -0.25) is 18.9 Å². The first-order valence-corrected chi connectivity index (χ1v) is 19.8. The van der Waals surface area contributed by atoms with E-state index in [-0.39, 0.29) is 58.4 Å². The molecule has 1 saturated carbocycles. The van der Waals surface area contributed by atoms with Crippen molar-refractivity contribution in [3.05, 3.63) is 106 Å². The van der Waals surface area contributed by atoms with E-state index in [1.54, 1.807) is 31.3 Å². The average Bonchev–Trinajstić information content (AvgIpc) is 3.68. The summed E-state index contributed by atoms with van der Waals surface area (Å²) in [6.45, 7) is -1.37. The minimum atomic E-state index is -5.04. The quantitative estimate of drug-likeness (QED) is 0.133. The van der Waals surface area contributed by atoms with Crippen LogP contribution in [-0.4, -0.2) is 61.6 Å². The molecule has 302 valence electrons. The van der Waals surface area contributed by atoms with Crippen molar-refractivity contribution in [3.8, 4) is 22.6 Å². The third kappa shape index (κ3) is 7.22. The van der Waals surface area contributed by atoms with E-state index in [0.717, 1.165) is 18.4 Å². The molecule has 8 rings (SSSR count). The summed E-state index contributed by atoms with van der Waals surface area (Å²) in [5.74, 6) is -9.61. The van der Waals surface area contributed by atoms with E-state index in [1.165, 1.54) is 23.1 Å². The van der Waals surface area contributed by atoms with Crippen molar-refractivity contribution in [2.24, 2.45) is 13.0 Å². The predicted octanol–water partition coefficient (Wildman–Crippen LogP) is 6.96. The van der Waals surface area contributed by atoms with E-state index in [0.29, 0.717) is 27.4 Å². The minimum absolute atomic E-state index is 0.0728. The molecule has 4 heterocycles. The van der Waals surface area contributed by atoms with E-state index in [9.17, 15) is 35.2 Å². The number of nitrogens with one attached hydrogen (secondary N) is 2. The number of alkyl halides is 5. The minimum Gasteiger partial charge on any atom is -0.354 e. The molecular weight excluding hydrogens is 819 g/mol. The topological polar surface area (TPSA) is 150 Å². The maximum atomic E-state index is 15.3. The standard InChI is InChI=1S/C37H29ClF7N9O3S/c1-53-31-22(4-6-25(38)29(31)35(51-53)52-58(2,56)57)21-5-7-26(34-46-8-3-9-47-34)49-30(21)18(10-17-11-19(39)13-20(40)12-17)15-48-27(55)16-54-33-28(32(50-54)37(43,44)45)23-14-24(23)36(33,41)42/h3-9,11-13,18,23-24H,10,14-16H2,1-2H3,(H,48,55)(H,51,52)/t18-,23+,24-/m1/s1. The Balaban J connectivity index is 1.23. The van der Waals surface area contributed by atoms with Gasteiger partial charge in [-0.25, -0.2) is 32.2 Å². The van der Waals surface area contributed by atoms with Crippen LogP contribution in [0.1, 0.15) is 46.5 Å². The summed E-state index contributed by atoms with van der Waals surface area (Å²) < 4.78 is 130. The second kappa shape index (κ2) is 14.0. The van der Waals surface area contributed by atoms with Gasteiger partial charge in [0.25, 0.3) is 5.92 Å². The third-order valence-corrected chi connectivity index (χ3v) is 10.9. The normalized spacial score (nSPS) is 17.6. The Kier molecular flexibility index (Phi) is 9.49. The zero-order valence-corrected chi connectivity index (χ0v) is 31.7. The van der Waals surface area contributed by atoms with Gasteiger partial charge in [-0.1, -0.05) is 23.7 Å². The van der Waals surface area contributed by atoms with Crippen molar-refractivity contribution in [1.29, 1.82) is 0 Å². The molecule has 2 aromatic carbocycles. The smallest absolute Gasteiger partial charge is 0.354 e. The Labute approximate surface area is 329 Å². The van der Waals surface area contributed by atoms with Gasteiger partial charge in [0, 0.05) is 60.6 Å². The van der Waals surface area contributed by atoms with Crippen molar-refractivity contribution < 1.29 is 43.9 Å². The fraction of sp³-hybridized carbons (Fsp3) is 0.297. The molecule has 4 aromatic heterocycles. The molecule has 21 heteroatoms. The number of benzene rings is 2. The highest BCUT2D eigenvalue weighted by Gasteiger charge is 2.68. The van der Waals surface area contributed by atoms with Gasteiger partial charge in [0.1, 0.15) is 29.6 Å². The van der Waals surface area contributed by atoms with Crippen LogP contribution in [0.25, 0.3) is 33.5 Å². The van der Waals surface area contributed by atoms with Crippen LogP contribution in [-0.2, 0) is 46.9 Å². The van der Waals surface area contributed by atoms with Gasteiger partial charge in [-0.05, 0) is 54.7 Å². The van der Waals surface area contributed by atoms with Crippen LogP contribution in [0.4, 0.5) is 36.6 Å². The summed E-state index contributed by atoms with van der Waals surface area (Å²) >= 11 is 6.59. The lowest BCUT2D eigenvalue weighted by atomic mass is 9.89. The Morgan fingerprint density at radius 2 is 1.72 bits per heavy atom. The number of nitrogens with zero attached hydrogens (tertiary/aromatic N) is 7. The number of carbonyl (C=O) groups excluding carboxylic acids is 1. The lowest BCUT2D eigenvalue weighted by Crippen LogP contribution is -2.34. The van der Waals surface area contributed by atoms with Crippen LogP contribution in [0.3, 0.4) is 0 Å². The van der Waals surface area contributed by atoms with Crippen LogP contribution in [0.2, 0.25) is 5.02 Å². The fourth-order valence-electron chi connectivity index (χ4n) is 7.71. The second-order valence-corrected chi connectivity index (χ2v) is 16.3. The maximum absolute atomic E-state index is 15.3. The number of carbonyl (C=O) groups is 1. The predicted molar refractivity (Wildman–Crippen MR) is 196 cm³/mol. The molecule has 0 saturated heterocycles. The van der Waals surface area contributed by atoms with Crippen LogP contribution in [0.5, 0.6) is 0 Å². The van der Waals surface area contributed by atoms with Gasteiger partial charge in [0.05, 0.1) is 27.9 Å². The fourth-order valence-corrected chi connectivity index (χ4v) is 8.45. The van der Waals surface area contributed by atoms with E-state index >= 15 is 8.78 Å². The number of halogens is 8. The zero-order chi connectivity index (χ0) is 41.5. The first-order valence-electron chi connectivity index (χ1n) is 17.5. The lowest BCUT2D eigenvalue weighted by Gasteiger charge is -2.22. The number of sulfonamides is 1. The molecule has 2 aliphatic rings. The van der Waals surface area contributed by atoms with Crippen LogP contribution in [0.15, 0.2) is 60.9 Å². The maximum Gasteiger partial charge on any atom is 0.435 e. The van der Waals surface area contributed by atoms with Crippen molar-refractivity contribution in [1.82, 2.24) is 39.8 Å². The number of aromatic nitrogens is 7. The summed E-state index contributed by atoms with van der Waals surface area (Å²) in [4.78, 5) is 27.0. The molecule has 0 spiro atoms. The van der Waals surface area contributed by atoms with Gasteiger partial charge in [-0.15, -0.1) is 0 Å². The number of rotatable bonds is 11. The van der Waals surface area contributed by atoms with Crippen molar-refractivity contribution in [3.63, 3.8) is 0 Å². The Morgan fingerprint density at radius 3 is 2.40 bits per heavy atom. The molecule has 0 radical (unpaired) electrons. The van der Waals surface area contributed by atoms with E-state index in [4.69, 9.17) is 16.6 Å². The van der Waals surface area contributed by atoms with Crippen molar-refractivity contribution in [2.75, 3.05) is 17.5 Å². The Bertz CT molecular complexity index is 2720. The summed E-state index contributed by atoms with van der Waals surface area (Å²) in [5, 5.41) is 10.7. The van der Waals surface area contributed by atoms with Crippen LogP contribution in [0, 0.1) is 17.6 Å². The summed E-state index contributed by atoms with van der Waals surface area (Å²) in [6, 6.07) is 10.8. The summed E-state index contributed by atoms with van der Waals surface area (Å²) in [7, 11) is -2.27. The van der Waals surface area contributed by atoms with Crippen molar-refractivity contribution in [2.45, 2.75) is 43.3 Å². The second-order valence-electron chi connectivity index (χ2n) is 14.2. The molecule has 58 heavy (non-hydrogen) atoms. The van der Waals surface area contributed by atoms with Gasteiger partial charge < -0.3 is 5.32 Å². The summed E-state index contributed by atoms with van der Waals surface area (Å²) in [5.41, 5.74) is -1.32. The molecule has 1 fully saturated rings.